The molecule has 0 saturated carbocycles. The number of para-hydroxylation sites is 1. The Hall–Kier alpha value is -3.10. The van der Waals surface area contributed by atoms with Crippen molar-refractivity contribution < 1.29 is 23.5 Å². The molecule has 2 aromatic carbocycles. The summed E-state index contributed by atoms with van der Waals surface area (Å²) in [4.78, 5) is 40.8. The molecule has 7 nitrogen and oxygen atoms in total. The van der Waals surface area contributed by atoms with E-state index in [0.717, 1.165) is 18.0 Å². The van der Waals surface area contributed by atoms with Crippen molar-refractivity contribution in [2.45, 2.75) is 0 Å². The third-order valence-corrected chi connectivity index (χ3v) is 5.06. The summed E-state index contributed by atoms with van der Waals surface area (Å²) in [7, 11) is 0. The number of ether oxygens (including phenoxy) is 1. The van der Waals surface area contributed by atoms with Crippen LogP contribution in [0.5, 0.6) is 0 Å². The van der Waals surface area contributed by atoms with Crippen molar-refractivity contribution in [2.24, 2.45) is 0 Å². The van der Waals surface area contributed by atoms with Crippen molar-refractivity contribution in [1.29, 1.82) is 0 Å². The number of nitrogens with zero attached hydrogens (tertiary/aromatic N) is 2. The summed E-state index contributed by atoms with van der Waals surface area (Å²) in [5, 5.41) is 2.82. The molecule has 0 bridgehead atoms. The molecule has 1 N–H and O–H groups in total. The number of fused-ring (bicyclic) bond motifs is 1. The van der Waals surface area contributed by atoms with Crippen LogP contribution in [0, 0.1) is 5.82 Å². The average molecular weight is 397 g/mol. The van der Waals surface area contributed by atoms with Crippen molar-refractivity contribution in [3.05, 3.63) is 65.0 Å². The maximum absolute atomic E-state index is 14.1. The fourth-order valence-corrected chi connectivity index (χ4v) is 3.49. The number of imide groups is 1. The van der Waals surface area contributed by atoms with E-state index in [-0.39, 0.29) is 28.3 Å². The van der Waals surface area contributed by atoms with Gasteiger partial charge in [0.05, 0.1) is 30.0 Å². The molecule has 1 fully saturated rings. The van der Waals surface area contributed by atoms with Gasteiger partial charge in [-0.2, -0.15) is 0 Å². The van der Waals surface area contributed by atoms with E-state index in [1.807, 2.05) is 0 Å². The monoisotopic (exact) mass is 397 g/mol. The molecule has 2 aromatic rings. The van der Waals surface area contributed by atoms with Gasteiger partial charge in [0.2, 0.25) is 0 Å². The van der Waals surface area contributed by atoms with Gasteiger partial charge in [-0.3, -0.25) is 19.3 Å². The predicted molar refractivity (Wildman–Crippen MR) is 104 cm³/mol. The van der Waals surface area contributed by atoms with Crippen LogP contribution in [-0.4, -0.2) is 62.0 Å². The lowest BCUT2D eigenvalue weighted by atomic mass is 10.1. The number of hydrogen-bond acceptors (Lipinski definition) is 5. The Kier molecular flexibility index (Phi) is 5.37. The molecule has 29 heavy (non-hydrogen) atoms. The van der Waals surface area contributed by atoms with E-state index in [0.29, 0.717) is 26.3 Å². The van der Waals surface area contributed by atoms with Crippen LogP contribution < -0.4 is 10.2 Å². The van der Waals surface area contributed by atoms with Crippen molar-refractivity contribution >= 4 is 23.4 Å². The first-order valence-electron chi connectivity index (χ1n) is 9.42. The van der Waals surface area contributed by atoms with Crippen LogP contribution in [-0.2, 0) is 4.74 Å². The average Bonchev–Trinajstić information content (AvgIpc) is 2.99. The first-order valence-corrected chi connectivity index (χ1v) is 9.42. The summed E-state index contributed by atoms with van der Waals surface area (Å²) in [5.74, 6) is -2.24. The minimum Gasteiger partial charge on any atom is -0.379 e. The highest BCUT2D eigenvalue weighted by molar-refractivity contribution is 6.34. The van der Waals surface area contributed by atoms with Crippen molar-refractivity contribution in [2.75, 3.05) is 44.3 Å². The standard InChI is InChI=1S/C21H20FN3O4/c22-17-3-1-2-4-18(17)25-20(27)15-6-5-14(13-16(15)21(25)28)19(26)23-7-8-24-9-11-29-12-10-24/h1-6,13H,7-12H2,(H,23,26). The van der Waals surface area contributed by atoms with E-state index in [4.69, 9.17) is 4.74 Å². The van der Waals surface area contributed by atoms with Gasteiger partial charge in [-0.25, -0.2) is 9.29 Å². The molecule has 3 amide bonds. The van der Waals surface area contributed by atoms with E-state index in [1.165, 1.54) is 36.4 Å². The van der Waals surface area contributed by atoms with Gasteiger partial charge in [0, 0.05) is 31.7 Å². The number of anilines is 1. The molecule has 0 spiro atoms. The van der Waals surface area contributed by atoms with E-state index in [2.05, 4.69) is 10.2 Å². The lowest BCUT2D eigenvalue weighted by Gasteiger charge is -2.26. The number of benzene rings is 2. The van der Waals surface area contributed by atoms with Crippen molar-refractivity contribution in [3.63, 3.8) is 0 Å². The molecule has 0 unspecified atom stereocenters. The highest BCUT2D eigenvalue weighted by Crippen LogP contribution is 2.30. The smallest absolute Gasteiger partial charge is 0.266 e. The highest BCUT2D eigenvalue weighted by Gasteiger charge is 2.38. The molecule has 2 aliphatic rings. The minimum atomic E-state index is -0.664. The molecule has 2 aliphatic heterocycles. The van der Waals surface area contributed by atoms with Gasteiger partial charge in [0.15, 0.2) is 0 Å². The summed E-state index contributed by atoms with van der Waals surface area (Å²) in [6.45, 7) is 4.21. The van der Waals surface area contributed by atoms with Crippen LogP contribution in [0.2, 0.25) is 0 Å². The summed E-state index contributed by atoms with van der Waals surface area (Å²) in [6, 6.07) is 9.92. The highest BCUT2D eigenvalue weighted by atomic mass is 19.1. The Morgan fingerprint density at radius 3 is 2.52 bits per heavy atom. The third kappa shape index (κ3) is 3.76. The molecule has 0 radical (unpaired) electrons. The second kappa shape index (κ2) is 8.10. The van der Waals surface area contributed by atoms with Gasteiger partial charge in [-0.15, -0.1) is 0 Å². The second-order valence-corrected chi connectivity index (χ2v) is 6.87. The van der Waals surface area contributed by atoms with Crippen LogP contribution in [0.25, 0.3) is 0 Å². The number of amides is 3. The molecule has 8 heteroatoms. The van der Waals surface area contributed by atoms with Crippen LogP contribution in [0.4, 0.5) is 10.1 Å². The Labute approximate surface area is 167 Å². The molecule has 150 valence electrons. The topological polar surface area (TPSA) is 79.0 Å². The van der Waals surface area contributed by atoms with Gasteiger partial charge < -0.3 is 10.1 Å². The SMILES string of the molecule is O=C(NCCN1CCOCC1)c1ccc2c(c1)C(=O)N(c1ccccc1F)C2=O. The van der Waals surface area contributed by atoms with E-state index < -0.39 is 17.6 Å². The number of carbonyl (C=O) groups is 3. The second-order valence-electron chi connectivity index (χ2n) is 6.87. The lowest BCUT2D eigenvalue weighted by molar-refractivity contribution is 0.0383. The Balaban J connectivity index is 1.47. The van der Waals surface area contributed by atoms with Gasteiger partial charge in [-0.1, -0.05) is 12.1 Å². The third-order valence-electron chi connectivity index (χ3n) is 5.06. The molecular formula is C21H20FN3O4. The van der Waals surface area contributed by atoms with E-state index >= 15 is 0 Å². The summed E-state index contributed by atoms with van der Waals surface area (Å²) < 4.78 is 19.4. The first kappa shape index (κ1) is 19.2. The van der Waals surface area contributed by atoms with Crippen LogP contribution in [0.1, 0.15) is 31.1 Å². The van der Waals surface area contributed by atoms with Crippen LogP contribution in [0.15, 0.2) is 42.5 Å². The van der Waals surface area contributed by atoms with Gasteiger partial charge >= 0.3 is 0 Å². The zero-order valence-electron chi connectivity index (χ0n) is 15.7. The Morgan fingerprint density at radius 1 is 1.03 bits per heavy atom. The maximum Gasteiger partial charge on any atom is 0.266 e. The first-order chi connectivity index (χ1) is 14.1. The van der Waals surface area contributed by atoms with Gasteiger partial charge in [0.25, 0.3) is 17.7 Å². The molecule has 4 rings (SSSR count). The van der Waals surface area contributed by atoms with Crippen LogP contribution >= 0.6 is 0 Å². The zero-order chi connectivity index (χ0) is 20.4. The van der Waals surface area contributed by atoms with Crippen molar-refractivity contribution in [1.82, 2.24) is 10.2 Å². The van der Waals surface area contributed by atoms with Gasteiger partial charge in [0.1, 0.15) is 5.82 Å². The molecule has 2 heterocycles. The predicted octanol–water partition coefficient (Wildman–Crippen LogP) is 1.69. The molecule has 0 atom stereocenters. The zero-order valence-corrected chi connectivity index (χ0v) is 15.7. The van der Waals surface area contributed by atoms with Crippen LogP contribution in [0.3, 0.4) is 0 Å². The number of nitrogens with one attached hydrogen (secondary N) is 1. The van der Waals surface area contributed by atoms with E-state index in [9.17, 15) is 18.8 Å². The molecule has 1 saturated heterocycles. The maximum atomic E-state index is 14.1. The van der Waals surface area contributed by atoms with E-state index in [1.54, 1.807) is 6.07 Å². The fraction of sp³-hybridized carbons (Fsp3) is 0.286. The number of carbonyl (C=O) groups excluding carboxylic acids is 3. The number of rotatable bonds is 5. The quantitative estimate of drug-likeness (QED) is 0.777. The van der Waals surface area contributed by atoms with Gasteiger partial charge in [-0.05, 0) is 30.3 Å². The number of morpholine rings is 1. The Morgan fingerprint density at radius 2 is 1.76 bits per heavy atom. The molecule has 0 aromatic heterocycles. The largest absolute Gasteiger partial charge is 0.379 e. The van der Waals surface area contributed by atoms with Crippen molar-refractivity contribution in [3.8, 4) is 0 Å². The fourth-order valence-electron chi connectivity index (χ4n) is 3.49. The Bertz CT molecular complexity index is 972. The minimum absolute atomic E-state index is 0.0964. The summed E-state index contributed by atoms with van der Waals surface area (Å²) in [5.41, 5.74) is 0.430. The number of hydrogen-bond donors (Lipinski definition) is 1. The lowest BCUT2D eigenvalue weighted by Crippen LogP contribution is -2.41. The number of halogens is 1. The summed E-state index contributed by atoms with van der Waals surface area (Å²) >= 11 is 0. The molecular weight excluding hydrogens is 377 g/mol. The molecule has 0 aliphatic carbocycles. The summed E-state index contributed by atoms with van der Waals surface area (Å²) in [6.07, 6.45) is 0. The normalized spacial score (nSPS) is 16.8.